The lowest BCUT2D eigenvalue weighted by Crippen LogP contribution is -2.43. The maximum atomic E-state index is 13.0. The van der Waals surface area contributed by atoms with Gasteiger partial charge in [-0.3, -0.25) is 4.79 Å². The number of aromatic nitrogens is 2. The molecule has 0 radical (unpaired) electrons. The van der Waals surface area contributed by atoms with Crippen LogP contribution >= 0.6 is 11.8 Å². The second kappa shape index (κ2) is 9.70. The number of anilines is 1. The number of aryl methyl sites for hydroxylation is 1. The number of fused-ring (bicyclic) bond motifs is 1. The van der Waals surface area contributed by atoms with Crippen molar-refractivity contribution >= 4 is 23.5 Å². The molecule has 1 fully saturated rings. The highest BCUT2D eigenvalue weighted by atomic mass is 32.2. The number of rotatable bonds is 6. The molecule has 33 heavy (non-hydrogen) atoms. The number of nitrogens with one attached hydrogen (secondary N) is 1. The summed E-state index contributed by atoms with van der Waals surface area (Å²) in [5.74, 6) is 2.29. The number of carbonyl (C=O) groups is 1. The van der Waals surface area contributed by atoms with Crippen molar-refractivity contribution in [3.8, 4) is 11.5 Å². The standard InChI is InChI=1S/C25H26N4O3S/c1-17-4-7-20(8-5-17)33-25-23(26-10-11-27-25)29-12-2-3-19(15-29)24(30)28-14-18-6-9-21-22(13-18)32-16-31-21/h4-11,13,19H,2-3,12,14-16H2,1H3,(H,28,30). The monoisotopic (exact) mass is 462 g/mol. The Hall–Kier alpha value is -3.26. The summed E-state index contributed by atoms with van der Waals surface area (Å²) in [4.78, 5) is 25.5. The van der Waals surface area contributed by atoms with E-state index in [0.717, 1.165) is 52.2 Å². The number of nitrogens with zero attached hydrogens (tertiary/aromatic N) is 3. The average Bonchev–Trinajstić information content (AvgIpc) is 3.32. The number of benzene rings is 2. The summed E-state index contributed by atoms with van der Waals surface area (Å²) < 4.78 is 10.8. The van der Waals surface area contributed by atoms with E-state index in [2.05, 4.69) is 51.4 Å². The number of piperidine rings is 1. The predicted octanol–water partition coefficient (Wildman–Crippen LogP) is 4.20. The summed E-state index contributed by atoms with van der Waals surface area (Å²) in [7, 11) is 0. The van der Waals surface area contributed by atoms with Crippen molar-refractivity contribution in [1.29, 1.82) is 0 Å². The molecule has 5 rings (SSSR count). The Bertz CT molecular complexity index is 1140. The van der Waals surface area contributed by atoms with E-state index >= 15 is 0 Å². The minimum Gasteiger partial charge on any atom is -0.454 e. The maximum absolute atomic E-state index is 13.0. The Morgan fingerprint density at radius 3 is 2.82 bits per heavy atom. The van der Waals surface area contributed by atoms with Crippen LogP contribution in [0.15, 0.2) is 64.8 Å². The van der Waals surface area contributed by atoms with E-state index in [0.29, 0.717) is 13.1 Å². The van der Waals surface area contributed by atoms with Crippen LogP contribution in [0.25, 0.3) is 0 Å². The van der Waals surface area contributed by atoms with E-state index in [4.69, 9.17) is 9.47 Å². The number of ether oxygens (including phenoxy) is 2. The fourth-order valence-corrected chi connectivity index (χ4v) is 4.97. The van der Waals surface area contributed by atoms with Crippen molar-refractivity contribution in [3.05, 3.63) is 66.0 Å². The summed E-state index contributed by atoms with van der Waals surface area (Å²) in [6.07, 6.45) is 5.24. The fourth-order valence-electron chi connectivity index (χ4n) is 4.09. The zero-order valence-electron chi connectivity index (χ0n) is 18.5. The van der Waals surface area contributed by atoms with E-state index in [-0.39, 0.29) is 18.6 Å². The number of hydrogen-bond acceptors (Lipinski definition) is 7. The lowest BCUT2D eigenvalue weighted by molar-refractivity contribution is -0.125. The van der Waals surface area contributed by atoms with Gasteiger partial charge >= 0.3 is 0 Å². The van der Waals surface area contributed by atoms with Crippen molar-refractivity contribution in [1.82, 2.24) is 15.3 Å². The molecule has 3 heterocycles. The van der Waals surface area contributed by atoms with Gasteiger partial charge in [0.1, 0.15) is 5.03 Å². The van der Waals surface area contributed by atoms with Crippen LogP contribution < -0.4 is 19.7 Å². The second-order valence-electron chi connectivity index (χ2n) is 8.29. The largest absolute Gasteiger partial charge is 0.454 e. The first-order chi connectivity index (χ1) is 16.2. The predicted molar refractivity (Wildman–Crippen MR) is 127 cm³/mol. The lowest BCUT2D eigenvalue weighted by Gasteiger charge is -2.33. The van der Waals surface area contributed by atoms with Gasteiger partial charge in [-0.25, -0.2) is 9.97 Å². The van der Waals surface area contributed by atoms with E-state index in [1.165, 1.54) is 5.56 Å². The first-order valence-corrected chi connectivity index (χ1v) is 11.9. The van der Waals surface area contributed by atoms with Crippen LogP contribution in [-0.2, 0) is 11.3 Å². The van der Waals surface area contributed by atoms with Crippen molar-refractivity contribution in [2.75, 3.05) is 24.8 Å². The van der Waals surface area contributed by atoms with Gasteiger partial charge in [-0.2, -0.15) is 0 Å². The van der Waals surface area contributed by atoms with Gasteiger partial charge in [-0.15, -0.1) is 0 Å². The van der Waals surface area contributed by atoms with Gasteiger partial charge in [0.2, 0.25) is 12.7 Å². The number of amides is 1. The molecule has 2 aliphatic heterocycles. The summed E-state index contributed by atoms with van der Waals surface area (Å²) in [6.45, 7) is 4.29. The quantitative estimate of drug-likeness (QED) is 0.588. The molecule has 170 valence electrons. The molecule has 2 aliphatic rings. The van der Waals surface area contributed by atoms with E-state index in [1.54, 1.807) is 24.2 Å². The smallest absolute Gasteiger partial charge is 0.231 e. The molecule has 1 saturated heterocycles. The zero-order chi connectivity index (χ0) is 22.6. The Morgan fingerprint density at radius 1 is 1.12 bits per heavy atom. The lowest BCUT2D eigenvalue weighted by atomic mass is 9.97. The third-order valence-electron chi connectivity index (χ3n) is 5.88. The summed E-state index contributed by atoms with van der Waals surface area (Å²) in [5, 5.41) is 3.95. The van der Waals surface area contributed by atoms with Gasteiger partial charge in [-0.1, -0.05) is 35.5 Å². The topological polar surface area (TPSA) is 76.6 Å². The molecule has 0 spiro atoms. The molecule has 7 nitrogen and oxygen atoms in total. The highest BCUT2D eigenvalue weighted by Gasteiger charge is 2.28. The minimum absolute atomic E-state index is 0.0639. The molecule has 0 bridgehead atoms. The van der Waals surface area contributed by atoms with Gasteiger partial charge < -0.3 is 19.7 Å². The third kappa shape index (κ3) is 5.06. The first-order valence-electron chi connectivity index (χ1n) is 11.1. The first kappa shape index (κ1) is 21.6. The van der Waals surface area contributed by atoms with Gasteiger partial charge in [0.15, 0.2) is 17.3 Å². The summed E-state index contributed by atoms with van der Waals surface area (Å²) in [6, 6.07) is 14.1. The number of carbonyl (C=O) groups excluding carboxylic acids is 1. The van der Waals surface area contributed by atoms with Crippen LogP contribution in [0.4, 0.5) is 5.82 Å². The van der Waals surface area contributed by atoms with Crippen molar-refractivity contribution in [2.24, 2.45) is 5.92 Å². The van der Waals surface area contributed by atoms with Crippen molar-refractivity contribution in [2.45, 2.75) is 36.2 Å². The molecule has 1 amide bonds. The number of hydrogen-bond donors (Lipinski definition) is 1. The van der Waals surface area contributed by atoms with Crippen LogP contribution in [-0.4, -0.2) is 35.8 Å². The van der Waals surface area contributed by atoms with Crippen LogP contribution in [0.2, 0.25) is 0 Å². The van der Waals surface area contributed by atoms with E-state index < -0.39 is 0 Å². The third-order valence-corrected chi connectivity index (χ3v) is 6.87. The van der Waals surface area contributed by atoms with Crippen LogP contribution in [0.1, 0.15) is 24.0 Å². The van der Waals surface area contributed by atoms with Gasteiger partial charge in [-0.05, 0) is 49.6 Å². The minimum atomic E-state index is -0.0907. The Labute approximate surface area is 197 Å². The van der Waals surface area contributed by atoms with Gasteiger partial charge in [0.25, 0.3) is 0 Å². The Balaban J connectivity index is 1.23. The van der Waals surface area contributed by atoms with Crippen molar-refractivity contribution < 1.29 is 14.3 Å². The molecule has 3 aromatic rings. The molecule has 8 heteroatoms. The highest BCUT2D eigenvalue weighted by Crippen LogP contribution is 2.34. The average molecular weight is 463 g/mol. The summed E-state index contributed by atoms with van der Waals surface area (Å²) >= 11 is 1.61. The Kier molecular flexibility index (Phi) is 6.35. The Morgan fingerprint density at radius 2 is 1.94 bits per heavy atom. The molecular weight excluding hydrogens is 436 g/mol. The van der Waals surface area contributed by atoms with Crippen LogP contribution in [0.5, 0.6) is 11.5 Å². The van der Waals surface area contributed by atoms with Crippen LogP contribution in [0.3, 0.4) is 0 Å². The van der Waals surface area contributed by atoms with Gasteiger partial charge in [0.05, 0.1) is 5.92 Å². The molecule has 1 atom stereocenters. The molecule has 0 aliphatic carbocycles. The highest BCUT2D eigenvalue weighted by molar-refractivity contribution is 7.99. The molecule has 1 N–H and O–H groups in total. The van der Waals surface area contributed by atoms with E-state index in [1.807, 2.05) is 18.2 Å². The normalized spacial score (nSPS) is 17.1. The fraction of sp³-hybridized carbons (Fsp3) is 0.320. The van der Waals surface area contributed by atoms with Gasteiger partial charge in [0, 0.05) is 36.9 Å². The molecule has 1 aromatic heterocycles. The van der Waals surface area contributed by atoms with Crippen molar-refractivity contribution in [3.63, 3.8) is 0 Å². The van der Waals surface area contributed by atoms with Crippen LogP contribution in [0, 0.1) is 12.8 Å². The summed E-state index contributed by atoms with van der Waals surface area (Å²) in [5.41, 5.74) is 2.22. The molecular formula is C25H26N4O3S. The molecule has 1 unspecified atom stereocenters. The zero-order valence-corrected chi connectivity index (χ0v) is 19.3. The molecule has 0 saturated carbocycles. The maximum Gasteiger partial charge on any atom is 0.231 e. The SMILES string of the molecule is Cc1ccc(Sc2nccnc2N2CCCC(C(=O)NCc3ccc4c(c3)OCO4)C2)cc1. The second-order valence-corrected chi connectivity index (χ2v) is 9.35. The molecule has 2 aromatic carbocycles. The van der Waals surface area contributed by atoms with E-state index in [9.17, 15) is 4.79 Å².